The molecule has 0 saturated carbocycles. The van der Waals surface area contributed by atoms with Gasteiger partial charge in [-0.2, -0.15) is 0 Å². The number of hydrogen-bond donors (Lipinski definition) is 0. The van der Waals surface area contributed by atoms with Crippen LogP contribution in [0.1, 0.15) is 29.2 Å². The zero-order valence-electron chi connectivity index (χ0n) is 19.1. The smallest absolute Gasteiger partial charge is 0.270 e. The molecule has 7 heteroatoms. The van der Waals surface area contributed by atoms with Gasteiger partial charge in [-0.05, 0) is 73.9 Å². The van der Waals surface area contributed by atoms with Crippen molar-refractivity contribution >= 4 is 57.6 Å². The number of carbonyl (C=O) groups is 1. The van der Waals surface area contributed by atoms with Gasteiger partial charge in [-0.25, -0.2) is 0 Å². The third-order valence-corrected chi connectivity index (χ3v) is 7.12. The van der Waals surface area contributed by atoms with Crippen molar-refractivity contribution in [3.63, 3.8) is 0 Å². The van der Waals surface area contributed by atoms with Crippen molar-refractivity contribution < 1.29 is 14.3 Å². The van der Waals surface area contributed by atoms with Gasteiger partial charge in [0.15, 0.2) is 15.8 Å². The molecular formula is C27H24ClNO3S2. The molecule has 0 atom stereocenters. The third kappa shape index (κ3) is 5.30. The average molecular weight is 510 g/mol. The number of aryl methyl sites for hydroxylation is 2. The zero-order chi connectivity index (χ0) is 24.2. The number of carbonyl (C=O) groups excluding carboxylic acids is 1. The van der Waals surface area contributed by atoms with Crippen molar-refractivity contribution in [3.05, 3.63) is 92.8 Å². The topological polar surface area (TPSA) is 38.8 Å². The van der Waals surface area contributed by atoms with E-state index in [1.54, 1.807) is 4.90 Å². The maximum absolute atomic E-state index is 13.2. The van der Waals surface area contributed by atoms with Crippen LogP contribution in [0.2, 0.25) is 5.02 Å². The molecule has 0 spiro atoms. The van der Waals surface area contributed by atoms with Gasteiger partial charge in [-0.1, -0.05) is 65.9 Å². The quantitative estimate of drug-likeness (QED) is 0.246. The van der Waals surface area contributed by atoms with Crippen LogP contribution >= 0.6 is 35.6 Å². The van der Waals surface area contributed by atoms with Crippen LogP contribution in [0.15, 0.2) is 65.6 Å². The molecule has 1 aliphatic rings. The first-order valence-electron chi connectivity index (χ1n) is 10.9. The van der Waals surface area contributed by atoms with Gasteiger partial charge < -0.3 is 9.47 Å². The lowest BCUT2D eigenvalue weighted by Crippen LogP contribution is -2.27. The highest BCUT2D eigenvalue weighted by Gasteiger charge is 2.33. The molecule has 34 heavy (non-hydrogen) atoms. The van der Waals surface area contributed by atoms with Gasteiger partial charge in [0, 0.05) is 10.6 Å². The number of thiocarbonyl (C=S) groups is 1. The summed E-state index contributed by atoms with van der Waals surface area (Å²) < 4.78 is 12.3. The monoisotopic (exact) mass is 509 g/mol. The second kappa shape index (κ2) is 10.6. The second-order valence-corrected chi connectivity index (χ2v) is 9.89. The largest absolute Gasteiger partial charge is 0.490 e. The van der Waals surface area contributed by atoms with E-state index in [4.69, 9.17) is 33.3 Å². The number of halogens is 1. The fraction of sp³-hybridized carbons (Fsp3) is 0.185. The number of benzene rings is 3. The van der Waals surface area contributed by atoms with Gasteiger partial charge in [0.1, 0.15) is 6.61 Å². The van der Waals surface area contributed by atoms with Gasteiger partial charge in [0.25, 0.3) is 5.91 Å². The summed E-state index contributed by atoms with van der Waals surface area (Å²) in [6, 6.07) is 19.1. The van der Waals surface area contributed by atoms with Gasteiger partial charge in [0.05, 0.1) is 17.2 Å². The van der Waals surface area contributed by atoms with Crippen LogP contribution in [0.25, 0.3) is 6.08 Å². The Hall–Kier alpha value is -2.80. The van der Waals surface area contributed by atoms with E-state index in [1.807, 2.05) is 87.5 Å². The molecule has 4 rings (SSSR count). The summed E-state index contributed by atoms with van der Waals surface area (Å²) in [5.41, 5.74) is 4.79. The van der Waals surface area contributed by atoms with Crippen LogP contribution in [-0.4, -0.2) is 16.8 Å². The molecule has 3 aromatic carbocycles. The number of hydrogen-bond acceptors (Lipinski definition) is 5. The van der Waals surface area contributed by atoms with E-state index < -0.39 is 0 Å². The lowest BCUT2D eigenvalue weighted by molar-refractivity contribution is -0.113. The highest BCUT2D eigenvalue weighted by molar-refractivity contribution is 8.27. The molecule has 0 unspecified atom stereocenters. The van der Waals surface area contributed by atoms with E-state index in [-0.39, 0.29) is 5.91 Å². The Morgan fingerprint density at radius 1 is 1.00 bits per heavy atom. The lowest BCUT2D eigenvalue weighted by atomic mass is 10.1. The number of nitrogens with zero attached hydrogens (tertiary/aromatic N) is 1. The van der Waals surface area contributed by atoms with Crippen molar-refractivity contribution in [2.45, 2.75) is 27.4 Å². The minimum atomic E-state index is -0.129. The summed E-state index contributed by atoms with van der Waals surface area (Å²) >= 11 is 13.1. The van der Waals surface area contributed by atoms with Crippen LogP contribution < -0.4 is 14.4 Å². The Morgan fingerprint density at radius 3 is 2.53 bits per heavy atom. The highest BCUT2D eigenvalue weighted by atomic mass is 35.5. The molecule has 1 fully saturated rings. The van der Waals surface area contributed by atoms with Crippen LogP contribution in [0.4, 0.5) is 5.69 Å². The Morgan fingerprint density at radius 2 is 1.79 bits per heavy atom. The maximum atomic E-state index is 13.2. The van der Waals surface area contributed by atoms with Crippen molar-refractivity contribution in [2.24, 2.45) is 0 Å². The molecule has 0 N–H and O–H groups in total. The molecule has 0 radical (unpaired) electrons. The first kappa shape index (κ1) is 24.3. The molecular weight excluding hydrogens is 486 g/mol. The van der Waals surface area contributed by atoms with Gasteiger partial charge in [-0.15, -0.1) is 0 Å². The summed E-state index contributed by atoms with van der Waals surface area (Å²) in [7, 11) is 0. The fourth-order valence-corrected chi connectivity index (χ4v) is 4.97. The zero-order valence-corrected chi connectivity index (χ0v) is 21.5. The molecule has 1 aliphatic heterocycles. The highest BCUT2D eigenvalue weighted by Crippen LogP contribution is 2.38. The Balaban J connectivity index is 1.56. The molecule has 1 saturated heterocycles. The van der Waals surface area contributed by atoms with Crippen molar-refractivity contribution in [1.29, 1.82) is 0 Å². The van der Waals surface area contributed by atoms with E-state index in [0.717, 1.165) is 22.4 Å². The Kier molecular flexibility index (Phi) is 7.61. The molecule has 174 valence electrons. The second-order valence-electron chi connectivity index (χ2n) is 7.80. The minimum absolute atomic E-state index is 0.129. The Bertz CT molecular complexity index is 1290. The van der Waals surface area contributed by atoms with E-state index in [0.29, 0.717) is 39.0 Å². The molecule has 1 heterocycles. The van der Waals surface area contributed by atoms with Gasteiger partial charge >= 0.3 is 0 Å². The standard InChI is InChI=1S/C27H24ClNO3S2/c1-4-31-24-14-19(10-12-23(24)32-16-20-7-5-6-8-22(20)28)15-25-26(30)29(27(33)34-25)21-11-9-17(2)18(3)13-21/h5-15H,4,16H2,1-3H3/b25-15+. The number of thioether (sulfide) groups is 1. The molecule has 0 aliphatic carbocycles. The van der Waals surface area contributed by atoms with Crippen LogP contribution in [0.3, 0.4) is 0 Å². The summed E-state index contributed by atoms with van der Waals surface area (Å²) in [6.07, 6.45) is 1.83. The summed E-state index contributed by atoms with van der Waals surface area (Å²) in [4.78, 5) is 15.3. The normalized spacial score (nSPS) is 14.7. The van der Waals surface area contributed by atoms with Gasteiger partial charge in [-0.3, -0.25) is 9.69 Å². The van der Waals surface area contributed by atoms with Crippen LogP contribution in [0.5, 0.6) is 11.5 Å². The number of ether oxygens (including phenoxy) is 2. The first-order valence-corrected chi connectivity index (χ1v) is 12.5. The predicted octanol–water partition coefficient (Wildman–Crippen LogP) is 7.34. The van der Waals surface area contributed by atoms with E-state index in [1.165, 1.54) is 17.3 Å². The minimum Gasteiger partial charge on any atom is -0.490 e. The SMILES string of the molecule is CCOc1cc(/C=C2/SC(=S)N(c3ccc(C)c(C)c3)C2=O)ccc1OCc1ccccc1Cl. The average Bonchev–Trinajstić information content (AvgIpc) is 3.09. The van der Waals surface area contributed by atoms with Crippen LogP contribution in [-0.2, 0) is 11.4 Å². The summed E-state index contributed by atoms with van der Waals surface area (Å²) in [5, 5.41) is 0.655. The van der Waals surface area contributed by atoms with Crippen LogP contribution in [0, 0.1) is 13.8 Å². The van der Waals surface area contributed by atoms with E-state index in [9.17, 15) is 4.79 Å². The molecule has 4 nitrogen and oxygen atoms in total. The molecule has 1 amide bonds. The number of anilines is 1. The van der Waals surface area contributed by atoms with Crippen molar-refractivity contribution in [2.75, 3.05) is 11.5 Å². The predicted molar refractivity (Wildman–Crippen MR) is 145 cm³/mol. The molecule has 0 aromatic heterocycles. The maximum Gasteiger partial charge on any atom is 0.270 e. The van der Waals surface area contributed by atoms with E-state index >= 15 is 0 Å². The first-order chi connectivity index (χ1) is 16.4. The third-order valence-electron chi connectivity index (χ3n) is 5.45. The van der Waals surface area contributed by atoms with Crippen molar-refractivity contribution in [1.82, 2.24) is 0 Å². The number of rotatable bonds is 7. The number of amides is 1. The molecule has 3 aromatic rings. The van der Waals surface area contributed by atoms with E-state index in [2.05, 4.69) is 0 Å². The lowest BCUT2D eigenvalue weighted by Gasteiger charge is -2.16. The van der Waals surface area contributed by atoms with Crippen molar-refractivity contribution in [3.8, 4) is 11.5 Å². The van der Waals surface area contributed by atoms with Gasteiger partial charge in [0.2, 0.25) is 0 Å². The molecule has 0 bridgehead atoms. The summed E-state index contributed by atoms with van der Waals surface area (Å²) in [5.74, 6) is 1.09. The Labute approximate surface area is 214 Å². The fourth-order valence-electron chi connectivity index (χ4n) is 3.48. The summed E-state index contributed by atoms with van der Waals surface area (Å²) in [6.45, 7) is 6.80.